The van der Waals surface area contributed by atoms with Crippen molar-refractivity contribution in [2.24, 2.45) is 23.2 Å². The summed E-state index contributed by atoms with van der Waals surface area (Å²) >= 11 is 0. The number of hydrogen-bond acceptors (Lipinski definition) is 1. The van der Waals surface area contributed by atoms with Crippen molar-refractivity contribution in [1.82, 2.24) is 5.32 Å². The van der Waals surface area contributed by atoms with Crippen molar-refractivity contribution in [3.05, 3.63) is 0 Å². The smallest absolute Gasteiger partial charge is 0.220 e. The molecule has 1 aliphatic carbocycles. The Morgan fingerprint density at radius 1 is 1.19 bits per heavy atom. The Morgan fingerprint density at radius 3 is 2.24 bits per heavy atom. The second-order valence-corrected chi connectivity index (χ2v) is 9.21. The first-order valence-corrected chi connectivity index (χ1v) is 9.01. The second kappa shape index (κ2) is 6.30. The third kappa shape index (κ3) is 4.47. The molecule has 0 aromatic rings. The average molecular weight is 293 g/mol. The number of nitrogens with one attached hydrogen (secondary N) is 1. The zero-order valence-electron chi connectivity index (χ0n) is 14.8. The molecule has 2 rings (SSSR count). The normalized spacial score (nSPS) is 34.3. The van der Waals surface area contributed by atoms with Gasteiger partial charge in [0.1, 0.15) is 0 Å². The Hall–Kier alpha value is -0.530. The molecule has 1 N–H and O–H groups in total. The first-order chi connectivity index (χ1) is 9.70. The minimum absolute atomic E-state index is 0.116. The molecule has 1 amide bonds. The van der Waals surface area contributed by atoms with Gasteiger partial charge in [0.2, 0.25) is 5.91 Å². The molecular weight excluding hydrogens is 258 g/mol. The molecule has 0 radical (unpaired) electrons. The van der Waals surface area contributed by atoms with Gasteiger partial charge in [-0.3, -0.25) is 4.79 Å². The number of carbonyl (C=O) groups is 1. The van der Waals surface area contributed by atoms with Crippen LogP contribution in [0.5, 0.6) is 0 Å². The van der Waals surface area contributed by atoms with Gasteiger partial charge >= 0.3 is 0 Å². The zero-order valence-corrected chi connectivity index (χ0v) is 14.8. The highest BCUT2D eigenvalue weighted by Crippen LogP contribution is 2.44. The quantitative estimate of drug-likeness (QED) is 0.783. The van der Waals surface area contributed by atoms with E-state index in [9.17, 15) is 4.79 Å². The maximum atomic E-state index is 11.8. The molecule has 0 bridgehead atoms. The fourth-order valence-corrected chi connectivity index (χ4v) is 4.73. The first-order valence-electron chi connectivity index (χ1n) is 9.01. The van der Waals surface area contributed by atoms with Gasteiger partial charge in [-0.15, -0.1) is 0 Å². The molecule has 122 valence electrons. The van der Waals surface area contributed by atoms with Gasteiger partial charge in [0.15, 0.2) is 0 Å². The SMILES string of the molecule is CC(C)CC1(CC2CCC(C(C)(C)C)CC2)CCC(=O)N1. The fourth-order valence-electron chi connectivity index (χ4n) is 4.73. The van der Waals surface area contributed by atoms with Gasteiger partial charge in [-0.1, -0.05) is 47.5 Å². The topological polar surface area (TPSA) is 29.1 Å². The molecule has 1 aliphatic heterocycles. The highest BCUT2D eigenvalue weighted by molar-refractivity contribution is 5.79. The lowest BCUT2D eigenvalue weighted by atomic mass is 9.67. The van der Waals surface area contributed by atoms with Crippen molar-refractivity contribution in [1.29, 1.82) is 0 Å². The summed E-state index contributed by atoms with van der Waals surface area (Å²) in [5, 5.41) is 3.35. The zero-order chi connectivity index (χ0) is 15.7. The molecule has 1 heterocycles. The van der Waals surface area contributed by atoms with E-state index >= 15 is 0 Å². The van der Waals surface area contributed by atoms with Crippen molar-refractivity contribution < 1.29 is 4.79 Å². The van der Waals surface area contributed by atoms with E-state index in [0.29, 0.717) is 11.3 Å². The second-order valence-electron chi connectivity index (χ2n) is 9.21. The molecule has 2 nitrogen and oxygen atoms in total. The highest BCUT2D eigenvalue weighted by atomic mass is 16.2. The van der Waals surface area contributed by atoms with Gasteiger partial charge in [0, 0.05) is 12.0 Å². The fraction of sp³-hybridized carbons (Fsp3) is 0.947. The molecule has 1 atom stereocenters. The van der Waals surface area contributed by atoms with E-state index in [-0.39, 0.29) is 11.4 Å². The molecule has 1 saturated heterocycles. The van der Waals surface area contributed by atoms with Gasteiger partial charge in [0.05, 0.1) is 0 Å². The van der Waals surface area contributed by atoms with Gasteiger partial charge in [-0.25, -0.2) is 0 Å². The molecule has 1 saturated carbocycles. The summed E-state index contributed by atoms with van der Waals surface area (Å²) < 4.78 is 0. The first kappa shape index (κ1) is 16.8. The summed E-state index contributed by atoms with van der Waals surface area (Å²) in [7, 11) is 0. The maximum absolute atomic E-state index is 11.8. The van der Waals surface area contributed by atoms with Crippen molar-refractivity contribution in [3.8, 4) is 0 Å². The van der Waals surface area contributed by atoms with E-state index in [1.165, 1.54) is 32.1 Å². The Morgan fingerprint density at radius 2 is 1.81 bits per heavy atom. The molecule has 0 aromatic heterocycles. The van der Waals surface area contributed by atoms with Crippen LogP contribution in [0.2, 0.25) is 0 Å². The summed E-state index contributed by atoms with van der Waals surface area (Å²) in [4.78, 5) is 11.8. The number of amides is 1. The Bertz CT molecular complexity index is 360. The van der Waals surface area contributed by atoms with E-state index in [1.807, 2.05) is 0 Å². The van der Waals surface area contributed by atoms with E-state index in [0.717, 1.165) is 31.1 Å². The minimum atomic E-state index is 0.116. The van der Waals surface area contributed by atoms with Crippen LogP contribution in [0.1, 0.15) is 86.0 Å². The number of hydrogen-bond donors (Lipinski definition) is 1. The lowest BCUT2D eigenvalue weighted by Crippen LogP contribution is -2.45. The van der Waals surface area contributed by atoms with Crippen LogP contribution in [0, 0.1) is 23.2 Å². The van der Waals surface area contributed by atoms with E-state index in [4.69, 9.17) is 0 Å². The predicted octanol–water partition coefficient (Wildman–Crippen LogP) is 4.92. The van der Waals surface area contributed by atoms with Gasteiger partial charge < -0.3 is 5.32 Å². The van der Waals surface area contributed by atoms with Gasteiger partial charge in [-0.05, 0) is 55.3 Å². The van der Waals surface area contributed by atoms with Crippen LogP contribution in [0.25, 0.3) is 0 Å². The average Bonchev–Trinajstić information content (AvgIpc) is 2.69. The Labute approximate surface area is 131 Å². The summed E-state index contributed by atoms with van der Waals surface area (Å²) in [5.41, 5.74) is 0.576. The van der Waals surface area contributed by atoms with Crippen molar-refractivity contribution in [2.45, 2.75) is 91.5 Å². The molecule has 1 unspecified atom stereocenters. The van der Waals surface area contributed by atoms with Crippen LogP contribution in [-0.2, 0) is 4.79 Å². The monoisotopic (exact) mass is 293 g/mol. The third-order valence-electron chi connectivity index (χ3n) is 5.79. The molecule has 2 fully saturated rings. The van der Waals surface area contributed by atoms with E-state index in [1.54, 1.807) is 0 Å². The summed E-state index contributed by atoms with van der Waals surface area (Å²) in [6, 6.07) is 0. The Kier molecular flexibility index (Phi) is 5.05. The van der Waals surface area contributed by atoms with Gasteiger partial charge in [0.25, 0.3) is 0 Å². The van der Waals surface area contributed by atoms with E-state index in [2.05, 4.69) is 39.9 Å². The largest absolute Gasteiger partial charge is 0.351 e. The van der Waals surface area contributed by atoms with Crippen LogP contribution in [0.3, 0.4) is 0 Å². The molecular formula is C19H35NO. The van der Waals surface area contributed by atoms with Crippen molar-refractivity contribution in [2.75, 3.05) is 0 Å². The predicted molar refractivity (Wildman–Crippen MR) is 89.1 cm³/mol. The highest BCUT2D eigenvalue weighted by Gasteiger charge is 2.41. The Balaban J connectivity index is 1.92. The van der Waals surface area contributed by atoms with Gasteiger partial charge in [-0.2, -0.15) is 0 Å². The van der Waals surface area contributed by atoms with E-state index < -0.39 is 0 Å². The molecule has 2 aliphatic rings. The standard InChI is InChI=1S/C19H35NO/c1-14(2)12-19(11-10-17(21)20-19)13-15-6-8-16(9-7-15)18(3,4)5/h14-16H,6-13H2,1-5H3,(H,20,21). The third-order valence-corrected chi connectivity index (χ3v) is 5.79. The van der Waals surface area contributed by atoms with Crippen LogP contribution in [0.4, 0.5) is 0 Å². The summed E-state index contributed by atoms with van der Waals surface area (Å²) in [5.74, 6) is 2.64. The van der Waals surface area contributed by atoms with Crippen molar-refractivity contribution in [3.63, 3.8) is 0 Å². The lowest BCUT2D eigenvalue weighted by Gasteiger charge is -2.40. The van der Waals surface area contributed by atoms with Crippen LogP contribution >= 0.6 is 0 Å². The van der Waals surface area contributed by atoms with Crippen LogP contribution < -0.4 is 5.32 Å². The van der Waals surface area contributed by atoms with Crippen LogP contribution in [0.15, 0.2) is 0 Å². The molecule has 2 heteroatoms. The summed E-state index contributed by atoms with van der Waals surface area (Å²) in [6.45, 7) is 11.7. The minimum Gasteiger partial charge on any atom is -0.351 e. The van der Waals surface area contributed by atoms with Crippen LogP contribution in [-0.4, -0.2) is 11.4 Å². The summed E-state index contributed by atoms with van der Waals surface area (Å²) in [6.07, 6.45) is 9.63. The lowest BCUT2D eigenvalue weighted by molar-refractivity contribution is -0.120. The number of carbonyl (C=O) groups excluding carboxylic acids is 1. The molecule has 0 spiro atoms. The molecule has 21 heavy (non-hydrogen) atoms. The van der Waals surface area contributed by atoms with Crippen molar-refractivity contribution >= 4 is 5.91 Å². The number of rotatable bonds is 4. The molecule has 0 aromatic carbocycles. The maximum Gasteiger partial charge on any atom is 0.220 e.